The van der Waals surface area contributed by atoms with Gasteiger partial charge in [-0.15, -0.1) is 0 Å². The predicted molar refractivity (Wildman–Crippen MR) is 64.6 cm³/mol. The maximum absolute atomic E-state index is 10.2. The molecule has 2 atom stereocenters. The second-order valence-corrected chi connectivity index (χ2v) is 4.82. The fourth-order valence-corrected chi connectivity index (χ4v) is 2.33. The maximum Gasteiger partial charge on any atom is 0.138 e. The van der Waals surface area contributed by atoms with Gasteiger partial charge in [0.05, 0.1) is 17.3 Å². The molecule has 0 aliphatic heterocycles. The lowest BCUT2D eigenvalue weighted by Crippen LogP contribution is -2.46. The van der Waals surface area contributed by atoms with Crippen molar-refractivity contribution in [2.45, 2.75) is 44.2 Å². The minimum atomic E-state index is -0.680. The summed E-state index contributed by atoms with van der Waals surface area (Å²) >= 11 is 0. The first-order valence-electron chi connectivity index (χ1n) is 5.86. The van der Waals surface area contributed by atoms with Crippen molar-refractivity contribution in [3.63, 3.8) is 0 Å². The number of benzene rings is 1. The number of phenolic OH excluding ortho intramolecular Hbond substituents is 1. The lowest BCUT2D eigenvalue weighted by Gasteiger charge is -2.38. The summed E-state index contributed by atoms with van der Waals surface area (Å²) in [5.74, 6) is 0.240. The van der Waals surface area contributed by atoms with E-state index in [-0.39, 0.29) is 11.8 Å². The van der Waals surface area contributed by atoms with E-state index in [0.29, 0.717) is 5.69 Å². The van der Waals surface area contributed by atoms with Gasteiger partial charge in [-0.25, -0.2) is 0 Å². The van der Waals surface area contributed by atoms with Crippen molar-refractivity contribution >= 4 is 5.69 Å². The number of rotatable bonds is 2. The molecule has 88 valence electrons. The molecule has 1 aliphatic rings. The summed E-state index contributed by atoms with van der Waals surface area (Å²) in [6.45, 7) is 1.86. The summed E-state index contributed by atoms with van der Waals surface area (Å²) in [7, 11) is 0. The van der Waals surface area contributed by atoms with Gasteiger partial charge in [-0.3, -0.25) is 0 Å². The molecule has 1 fully saturated rings. The number of aliphatic hydroxyl groups is 1. The van der Waals surface area contributed by atoms with Crippen LogP contribution in [0.3, 0.4) is 0 Å². The number of anilines is 1. The molecule has 0 saturated heterocycles. The van der Waals surface area contributed by atoms with Crippen LogP contribution in [0.2, 0.25) is 0 Å². The van der Waals surface area contributed by atoms with Crippen molar-refractivity contribution in [2.24, 2.45) is 0 Å². The molecule has 1 aromatic carbocycles. The van der Waals surface area contributed by atoms with E-state index in [0.717, 1.165) is 25.7 Å². The van der Waals surface area contributed by atoms with E-state index in [1.54, 1.807) is 12.1 Å². The van der Waals surface area contributed by atoms with Gasteiger partial charge in [0.25, 0.3) is 0 Å². The summed E-state index contributed by atoms with van der Waals surface area (Å²) < 4.78 is 0. The van der Waals surface area contributed by atoms with Gasteiger partial charge >= 0.3 is 0 Å². The topological polar surface area (TPSA) is 52.5 Å². The van der Waals surface area contributed by atoms with Crippen LogP contribution < -0.4 is 5.32 Å². The first kappa shape index (κ1) is 11.3. The van der Waals surface area contributed by atoms with Crippen molar-refractivity contribution in [1.29, 1.82) is 0 Å². The standard InChI is InChI=1S/C13H19NO2/c1-13(16)9-5-4-8-12(13)14-10-6-2-3-7-11(10)15/h2-3,6-7,12,14-16H,4-5,8-9H2,1H3. The first-order valence-corrected chi connectivity index (χ1v) is 5.86. The summed E-state index contributed by atoms with van der Waals surface area (Å²) in [6.07, 6.45) is 3.97. The first-order chi connectivity index (χ1) is 7.59. The minimum Gasteiger partial charge on any atom is -0.506 e. The molecule has 1 aromatic rings. The van der Waals surface area contributed by atoms with Gasteiger partial charge in [0, 0.05) is 0 Å². The van der Waals surface area contributed by atoms with Gasteiger partial charge in [-0.05, 0) is 31.9 Å². The molecule has 3 N–H and O–H groups in total. The largest absolute Gasteiger partial charge is 0.506 e. The highest BCUT2D eigenvalue weighted by molar-refractivity contribution is 5.56. The van der Waals surface area contributed by atoms with Crippen LogP contribution in [-0.2, 0) is 0 Å². The van der Waals surface area contributed by atoms with Crippen LogP contribution in [0.4, 0.5) is 5.69 Å². The van der Waals surface area contributed by atoms with E-state index in [9.17, 15) is 10.2 Å². The van der Waals surface area contributed by atoms with Crippen molar-refractivity contribution in [1.82, 2.24) is 0 Å². The number of hydrogen-bond acceptors (Lipinski definition) is 3. The van der Waals surface area contributed by atoms with Crippen LogP contribution >= 0.6 is 0 Å². The number of nitrogens with one attached hydrogen (secondary N) is 1. The normalized spacial score (nSPS) is 30.0. The lowest BCUT2D eigenvalue weighted by atomic mass is 9.81. The second kappa shape index (κ2) is 4.34. The molecule has 1 saturated carbocycles. The van der Waals surface area contributed by atoms with Gasteiger partial charge in [0.1, 0.15) is 5.75 Å². The Bertz CT molecular complexity index is 363. The third-order valence-electron chi connectivity index (χ3n) is 3.41. The Morgan fingerprint density at radius 2 is 2.06 bits per heavy atom. The maximum atomic E-state index is 10.2. The Kier molecular flexibility index (Phi) is 3.06. The van der Waals surface area contributed by atoms with Gasteiger partial charge in [-0.2, -0.15) is 0 Å². The molecule has 0 heterocycles. The molecule has 2 unspecified atom stereocenters. The van der Waals surface area contributed by atoms with E-state index in [1.807, 2.05) is 19.1 Å². The van der Waals surface area contributed by atoms with Crippen LogP contribution in [0.15, 0.2) is 24.3 Å². The molecular weight excluding hydrogens is 202 g/mol. The lowest BCUT2D eigenvalue weighted by molar-refractivity contribution is 0.0105. The molecule has 2 rings (SSSR count). The van der Waals surface area contributed by atoms with Gasteiger partial charge in [0.2, 0.25) is 0 Å². The zero-order chi connectivity index (χ0) is 11.6. The Labute approximate surface area is 96.1 Å². The zero-order valence-electron chi connectivity index (χ0n) is 9.61. The predicted octanol–water partition coefficient (Wildman–Crippen LogP) is 2.50. The number of para-hydroxylation sites is 2. The molecule has 3 nitrogen and oxygen atoms in total. The van der Waals surface area contributed by atoms with Crippen LogP contribution in [0.5, 0.6) is 5.75 Å². The average molecular weight is 221 g/mol. The summed E-state index contributed by atoms with van der Waals surface area (Å²) in [4.78, 5) is 0. The highest BCUT2D eigenvalue weighted by atomic mass is 16.3. The monoisotopic (exact) mass is 221 g/mol. The van der Waals surface area contributed by atoms with E-state index >= 15 is 0 Å². The fourth-order valence-electron chi connectivity index (χ4n) is 2.33. The van der Waals surface area contributed by atoms with Crippen molar-refractivity contribution in [3.8, 4) is 5.75 Å². The zero-order valence-corrected chi connectivity index (χ0v) is 9.61. The molecule has 16 heavy (non-hydrogen) atoms. The Morgan fingerprint density at radius 1 is 1.31 bits per heavy atom. The number of phenols is 1. The van der Waals surface area contributed by atoms with E-state index in [1.165, 1.54) is 0 Å². The van der Waals surface area contributed by atoms with E-state index in [4.69, 9.17) is 0 Å². The van der Waals surface area contributed by atoms with Crippen molar-refractivity contribution in [3.05, 3.63) is 24.3 Å². The molecule has 1 aliphatic carbocycles. The third kappa shape index (κ3) is 2.30. The Balaban J connectivity index is 2.12. The smallest absolute Gasteiger partial charge is 0.138 e. The van der Waals surface area contributed by atoms with Gasteiger partial charge in [-0.1, -0.05) is 25.0 Å². The second-order valence-electron chi connectivity index (χ2n) is 4.82. The van der Waals surface area contributed by atoms with Gasteiger partial charge in [0.15, 0.2) is 0 Å². The summed E-state index contributed by atoms with van der Waals surface area (Å²) in [5.41, 5.74) is 0.0234. The number of aromatic hydroxyl groups is 1. The van der Waals surface area contributed by atoms with Gasteiger partial charge < -0.3 is 15.5 Å². The third-order valence-corrected chi connectivity index (χ3v) is 3.41. The molecule has 0 spiro atoms. The molecule has 3 heteroatoms. The minimum absolute atomic E-state index is 0.0227. The van der Waals surface area contributed by atoms with E-state index < -0.39 is 5.60 Å². The molecule has 0 bridgehead atoms. The highest BCUT2D eigenvalue weighted by Gasteiger charge is 2.34. The number of hydrogen-bond donors (Lipinski definition) is 3. The fraction of sp³-hybridized carbons (Fsp3) is 0.538. The Hall–Kier alpha value is -1.22. The van der Waals surface area contributed by atoms with Crippen LogP contribution in [-0.4, -0.2) is 21.9 Å². The summed E-state index contributed by atoms with van der Waals surface area (Å²) in [6, 6.07) is 7.17. The molecule has 0 amide bonds. The highest BCUT2D eigenvalue weighted by Crippen LogP contribution is 2.32. The SMILES string of the molecule is CC1(O)CCCCC1Nc1ccccc1O. The quantitative estimate of drug-likeness (QED) is 0.672. The molecular formula is C13H19NO2. The van der Waals surface area contributed by atoms with Crippen molar-refractivity contribution in [2.75, 3.05) is 5.32 Å². The Morgan fingerprint density at radius 3 is 2.75 bits per heavy atom. The van der Waals surface area contributed by atoms with Crippen LogP contribution in [0.1, 0.15) is 32.6 Å². The molecule has 0 aromatic heterocycles. The van der Waals surface area contributed by atoms with E-state index in [2.05, 4.69) is 5.32 Å². The van der Waals surface area contributed by atoms with Crippen LogP contribution in [0.25, 0.3) is 0 Å². The van der Waals surface area contributed by atoms with Crippen molar-refractivity contribution < 1.29 is 10.2 Å². The summed E-state index contributed by atoms with van der Waals surface area (Å²) in [5, 5.41) is 23.1. The van der Waals surface area contributed by atoms with Crippen LogP contribution in [0, 0.1) is 0 Å². The average Bonchev–Trinajstić information content (AvgIpc) is 2.24. The molecule has 0 radical (unpaired) electrons.